The van der Waals surface area contributed by atoms with E-state index in [1.165, 1.54) is 0 Å². The van der Waals surface area contributed by atoms with E-state index in [4.69, 9.17) is 0 Å². The van der Waals surface area contributed by atoms with Crippen molar-refractivity contribution in [1.82, 2.24) is 14.9 Å². The average molecular weight is 402 g/mol. The zero-order valence-corrected chi connectivity index (χ0v) is 17.5. The average Bonchev–Trinajstić information content (AvgIpc) is 3.18. The number of para-hydroxylation sites is 1. The second kappa shape index (κ2) is 7.86. The maximum Gasteiger partial charge on any atom is 0.247 e. The van der Waals surface area contributed by atoms with Crippen molar-refractivity contribution in [3.05, 3.63) is 66.6 Å². The lowest BCUT2D eigenvalue weighted by molar-refractivity contribution is -0.143. The third-order valence-electron chi connectivity index (χ3n) is 5.53. The highest BCUT2D eigenvalue weighted by atomic mass is 16.2. The summed E-state index contributed by atoms with van der Waals surface area (Å²) >= 11 is 0. The topological polar surface area (TPSA) is 75.2 Å². The van der Waals surface area contributed by atoms with Gasteiger partial charge >= 0.3 is 0 Å². The van der Waals surface area contributed by atoms with Crippen LogP contribution in [-0.2, 0) is 9.59 Å². The van der Waals surface area contributed by atoms with Crippen LogP contribution in [0.1, 0.15) is 38.8 Å². The van der Waals surface area contributed by atoms with Crippen molar-refractivity contribution >= 4 is 28.4 Å². The number of rotatable bonds is 3. The molecule has 6 heteroatoms. The van der Waals surface area contributed by atoms with E-state index >= 15 is 0 Å². The molecular weight excluding hydrogens is 376 g/mol. The van der Waals surface area contributed by atoms with E-state index in [0.29, 0.717) is 18.7 Å². The van der Waals surface area contributed by atoms with E-state index < -0.39 is 11.5 Å². The van der Waals surface area contributed by atoms with Crippen LogP contribution >= 0.6 is 0 Å². The summed E-state index contributed by atoms with van der Waals surface area (Å²) in [5, 5.41) is 3.99. The number of fused-ring (bicyclic) bond motifs is 1. The Bertz CT molecular complexity index is 1070. The lowest BCUT2D eigenvalue weighted by Crippen LogP contribution is -2.49. The number of carbonyl (C=O) groups is 2. The molecule has 1 aliphatic heterocycles. The van der Waals surface area contributed by atoms with Gasteiger partial charge in [0.05, 0.1) is 11.2 Å². The molecule has 154 valence electrons. The Kier molecular flexibility index (Phi) is 5.24. The number of benzene rings is 1. The maximum atomic E-state index is 13.5. The molecule has 1 aromatic carbocycles. The summed E-state index contributed by atoms with van der Waals surface area (Å²) in [5.74, 6) is -0.392. The van der Waals surface area contributed by atoms with Crippen molar-refractivity contribution in [3.63, 3.8) is 0 Å². The number of anilines is 1. The smallest absolute Gasteiger partial charge is 0.247 e. The Morgan fingerprint density at radius 3 is 2.50 bits per heavy atom. The van der Waals surface area contributed by atoms with Crippen LogP contribution in [-0.4, -0.2) is 39.3 Å². The fourth-order valence-corrected chi connectivity index (χ4v) is 4.09. The van der Waals surface area contributed by atoms with E-state index in [2.05, 4.69) is 15.3 Å². The molecule has 0 radical (unpaired) electrons. The first-order chi connectivity index (χ1) is 14.4. The highest BCUT2D eigenvalue weighted by molar-refractivity contribution is 6.04. The number of nitrogens with zero attached hydrogens (tertiary/aromatic N) is 3. The van der Waals surface area contributed by atoms with Gasteiger partial charge in [0.25, 0.3) is 0 Å². The highest BCUT2D eigenvalue weighted by Gasteiger charge is 2.45. The Hall–Kier alpha value is -3.28. The van der Waals surface area contributed by atoms with Gasteiger partial charge in [-0.3, -0.25) is 19.6 Å². The number of likely N-dealkylation sites (tertiary alicyclic amines) is 1. The second-order valence-corrected chi connectivity index (χ2v) is 8.71. The van der Waals surface area contributed by atoms with Crippen molar-refractivity contribution < 1.29 is 9.59 Å². The van der Waals surface area contributed by atoms with Gasteiger partial charge in [-0.15, -0.1) is 0 Å². The predicted octanol–water partition coefficient (Wildman–Crippen LogP) is 4.00. The molecule has 2 atom stereocenters. The molecule has 2 amide bonds. The van der Waals surface area contributed by atoms with Gasteiger partial charge in [0, 0.05) is 41.4 Å². The Morgan fingerprint density at radius 1 is 1.00 bits per heavy atom. The maximum absolute atomic E-state index is 13.5. The highest BCUT2D eigenvalue weighted by Crippen LogP contribution is 2.36. The minimum Gasteiger partial charge on any atom is -0.329 e. The summed E-state index contributed by atoms with van der Waals surface area (Å²) in [7, 11) is 0. The van der Waals surface area contributed by atoms with Gasteiger partial charge in [0.2, 0.25) is 11.8 Å². The molecular formula is C24H26N4O2. The normalized spacial score (nSPS) is 19.1. The molecule has 2 aromatic heterocycles. The van der Waals surface area contributed by atoms with Crippen molar-refractivity contribution in [1.29, 1.82) is 0 Å². The van der Waals surface area contributed by atoms with Crippen molar-refractivity contribution in [2.75, 3.05) is 11.9 Å². The third kappa shape index (κ3) is 3.77. The summed E-state index contributed by atoms with van der Waals surface area (Å²) < 4.78 is 0. The first kappa shape index (κ1) is 20.0. The summed E-state index contributed by atoms with van der Waals surface area (Å²) in [5.41, 5.74) is 1.64. The zero-order valence-electron chi connectivity index (χ0n) is 17.5. The molecule has 0 unspecified atom stereocenters. The van der Waals surface area contributed by atoms with Crippen molar-refractivity contribution in [3.8, 4) is 0 Å². The molecule has 30 heavy (non-hydrogen) atoms. The first-order valence-electron chi connectivity index (χ1n) is 10.2. The molecule has 0 saturated carbocycles. The predicted molar refractivity (Wildman–Crippen MR) is 117 cm³/mol. The lowest BCUT2D eigenvalue weighted by Gasteiger charge is -2.32. The van der Waals surface area contributed by atoms with Crippen molar-refractivity contribution in [2.45, 2.75) is 39.2 Å². The number of aromatic nitrogens is 2. The Labute approximate surface area is 176 Å². The minimum atomic E-state index is -0.620. The van der Waals surface area contributed by atoms with E-state index in [0.717, 1.165) is 16.6 Å². The Balaban J connectivity index is 1.70. The largest absolute Gasteiger partial charge is 0.329 e. The van der Waals surface area contributed by atoms with Crippen LogP contribution in [0.15, 0.2) is 60.9 Å². The summed E-state index contributed by atoms with van der Waals surface area (Å²) in [4.78, 5) is 37.3. The fraction of sp³-hybridized carbons (Fsp3) is 0.333. The molecule has 6 nitrogen and oxygen atoms in total. The molecule has 4 rings (SSSR count). The summed E-state index contributed by atoms with van der Waals surface area (Å²) in [6.45, 7) is 6.18. The number of nitrogens with one attached hydrogen (secondary N) is 1. The van der Waals surface area contributed by atoms with Crippen LogP contribution < -0.4 is 5.32 Å². The molecule has 0 spiro atoms. The van der Waals surface area contributed by atoms with Gasteiger partial charge in [0.1, 0.15) is 6.04 Å². The van der Waals surface area contributed by atoms with Crippen molar-refractivity contribution in [2.24, 2.45) is 5.41 Å². The molecule has 1 N–H and O–H groups in total. The van der Waals surface area contributed by atoms with Crippen LogP contribution in [0.25, 0.3) is 10.9 Å². The van der Waals surface area contributed by atoms with Gasteiger partial charge < -0.3 is 10.2 Å². The number of hydrogen-bond donors (Lipinski definition) is 1. The second-order valence-electron chi connectivity index (χ2n) is 8.71. The number of carbonyl (C=O) groups excluding carboxylic acids is 2. The van der Waals surface area contributed by atoms with Crippen LogP contribution in [0.4, 0.5) is 5.69 Å². The Morgan fingerprint density at radius 2 is 1.77 bits per heavy atom. The zero-order chi connectivity index (χ0) is 21.3. The summed E-state index contributed by atoms with van der Waals surface area (Å²) in [6, 6.07) is 14.6. The van der Waals surface area contributed by atoms with Gasteiger partial charge in [-0.05, 0) is 30.7 Å². The molecule has 0 aliphatic carbocycles. The molecule has 0 bridgehead atoms. The standard InChI is InChI=1S/C24H26N4O2/c1-24(2,3)23(30)28-15-12-17(18-10-4-5-13-25-18)21(28)22(29)27-19-11-6-8-16-9-7-14-26-20(16)19/h4-11,13-14,17,21H,12,15H2,1-3H3,(H,27,29)/t17-,21-/m0/s1. The van der Waals surface area contributed by atoms with Crippen LogP contribution in [0.5, 0.6) is 0 Å². The van der Waals surface area contributed by atoms with E-state index in [-0.39, 0.29) is 17.7 Å². The number of amides is 2. The monoisotopic (exact) mass is 402 g/mol. The summed E-state index contributed by atoms with van der Waals surface area (Å²) in [6.07, 6.45) is 4.14. The molecule has 1 saturated heterocycles. The van der Waals surface area contributed by atoms with Gasteiger partial charge in [0.15, 0.2) is 0 Å². The molecule has 3 heterocycles. The van der Waals surface area contributed by atoms with Crippen LogP contribution in [0.2, 0.25) is 0 Å². The SMILES string of the molecule is CC(C)(C)C(=O)N1CC[C@@H](c2ccccn2)[C@H]1C(=O)Nc1cccc2cccnc12. The molecule has 1 fully saturated rings. The van der Waals surface area contributed by atoms with E-state index in [9.17, 15) is 9.59 Å². The first-order valence-corrected chi connectivity index (χ1v) is 10.2. The van der Waals surface area contributed by atoms with Crippen LogP contribution in [0.3, 0.4) is 0 Å². The third-order valence-corrected chi connectivity index (χ3v) is 5.53. The van der Waals surface area contributed by atoms with Gasteiger partial charge in [-0.25, -0.2) is 0 Å². The minimum absolute atomic E-state index is 0.0304. The van der Waals surface area contributed by atoms with E-state index in [1.54, 1.807) is 17.3 Å². The quantitative estimate of drug-likeness (QED) is 0.719. The molecule has 1 aliphatic rings. The number of pyridine rings is 2. The van der Waals surface area contributed by atoms with Crippen LogP contribution in [0, 0.1) is 5.41 Å². The van der Waals surface area contributed by atoms with E-state index in [1.807, 2.05) is 69.3 Å². The fourth-order valence-electron chi connectivity index (χ4n) is 4.09. The molecule has 3 aromatic rings. The number of hydrogen-bond acceptors (Lipinski definition) is 4. The van der Waals surface area contributed by atoms with Gasteiger partial charge in [-0.2, -0.15) is 0 Å². The van der Waals surface area contributed by atoms with Gasteiger partial charge in [-0.1, -0.05) is 45.0 Å². The lowest BCUT2D eigenvalue weighted by atomic mass is 9.92.